The lowest BCUT2D eigenvalue weighted by Crippen LogP contribution is -2.42. The van der Waals surface area contributed by atoms with Crippen LogP contribution in [0.1, 0.15) is 24.2 Å². The Bertz CT molecular complexity index is 595. The summed E-state index contributed by atoms with van der Waals surface area (Å²) in [6, 6.07) is 2.30. The van der Waals surface area contributed by atoms with Crippen molar-refractivity contribution in [1.82, 2.24) is 29.9 Å². The van der Waals surface area contributed by atoms with E-state index in [4.69, 9.17) is 0 Å². The molecule has 1 N–H and O–H groups in total. The Morgan fingerprint density at radius 3 is 3.10 bits per heavy atom. The summed E-state index contributed by atoms with van der Waals surface area (Å²) in [6.07, 6.45) is 6.09. The number of aromatic nitrogens is 5. The Morgan fingerprint density at radius 1 is 1.43 bits per heavy atom. The van der Waals surface area contributed by atoms with E-state index in [1.54, 1.807) is 10.9 Å². The fraction of sp³-hybridized carbons (Fsp3) is 0.571. The predicted molar refractivity (Wildman–Crippen MR) is 79.7 cm³/mol. The highest BCUT2D eigenvalue weighted by atomic mass is 15.4. The second kappa shape index (κ2) is 6.17. The molecule has 0 bridgehead atoms. The Labute approximate surface area is 124 Å². The van der Waals surface area contributed by atoms with Gasteiger partial charge in [-0.2, -0.15) is 0 Å². The molecule has 1 atom stereocenters. The maximum atomic E-state index is 4.41. The molecule has 1 saturated heterocycles. The Balaban J connectivity index is 1.58. The zero-order valence-corrected chi connectivity index (χ0v) is 12.5. The lowest BCUT2D eigenvalue weighted by Gasteiger charge is -2.32. The number of rotatable bonds is 4. The molecule has 3 heterocycles. The van der Waals surface area contributed by atoms with E-state index in [1.165, 1.54) is 6.42 Å². The largest absolute Gasteiger partial charge is 0.350 e. The molecule has 0 amide bonds. The molecular weight excluding hydrogens is 266 g/mol. The van der Waals surface area contributed by atoms with E-state index in [-0.39, 0.29) is 0 Å². The summed E-state index contributed by atoms with van der Waals surface area (Å²) in [5, 5.41) is 11.6. The third-order valence-electron chi connectivity index (χ3n) is 3.67. The van der Waals surface area contributed by atoms with Gasteiger partial charge in [-0.1, -0.05) is 5.21 Å². The van der Waals surface area contributed by atoms with Gasteiger partial charge in [0.05, 0.1) is 5.69 Å². The van der Waals surface area contributed by atoms with E-state index >= 15 is 0 Å². The number of piperidine rings is 1. The van der Waals surface area contributed by atoms with Crippen LogP contribution in [0.15, 0.2) is 18.5 Å². The monoisotopic (exact) mass is 287 g/mol. The minimum Gasteiger partial charge on any atom is -0.350 e. The molecule has 1 unspecified atom stereocenters. The van der Waals surface area contributed by atoms with Crippen molar-refractivity contribution in [3.8, 4) is 0 Å². The molecule has 21 heavy (non-hydrogen) atoms. The van der Waals surface area contributed by atoms with Crippen molar-refractivity contribution in [2.45, 2.75) is 32.4 Å². The summed E-state index contributed by atoms with van der Waals surface area (Å²) < 4.78 is 1.75. The third kappa shape index (κ3) is 3.75. The molecular formula is C14H21N7. The van der Waals surface area contributed by atoms with Gasteiger partial charge in [0.15, 0.2) is 0 Å². The molecule has 7 nitrogen and oxygen atoms in total. The van der Waals surface area contributed by atoms with Crippen LogP contribution in [0.25, 0.3) is 0 Å². The average molecular weight is 287 g/mol. The standard InChI is InChI=1S/C14H21N7/c1-11-5-6-15-14(16-11)17-12-4-3-7-21(9-12)10-13-8-20(2)19-18-13/h5-6,8,12H,3-4,7,9-10H2,1-2H3,(H,15,16,17). The van der Waals surface area contributed by atoms with Gasteiger partial charge in [0, 0.05) is 44.3 Å². The first-order valence-electron chi connectivity index (χ1n) is 7.33. The maximum absolute atomic E-state index is 4.41. The highest BCUT2D eigenvalue weighted by Crippen LogP contribution is 2.15. The van der Waals surface area contributed by atoms with E-state index in [9.17, 15) is 0 Å². The summed E-state index contributed by atoms with van der Waals surface area (Å²) in [7, 11) is 1.89. The molecule has 0 aliphatic carbocycles. The normalized spacial score (nSPS) is 19.6. The van der Waals surface area contributed by atoms with Gasteiger partial charge in [0.25, 0.3) is 0 Å². The van der Waals surface area contributed by atoms with Gasteiger partial charge in [0.2, 0.25) is 5.95 Å². The SMILES string of the molecule is Cc1ccnc(NC2CCCN(Cc3cn(C)nn3)C2)n1. The first kappa shape index (κ1) is 13.9. The van der Waals surface area contributed by atoms with E-state index < -0.39 is 0 Å². The molecule has 3 rings (SSSR count). The summed E-state index contributed by atoms with van der Waals surface area (Å²) in [6.45, 7) is 4.91. The minimum atomic E-state index is 0.386. The predicted octanol–water partition coefficient (Wildman–Crippen LogP) is 0.990. The van der Waals surface area contributed by atoms with Crippen LogP contribution in [0.5, 0.6) is 0 Å². The minimum absolute atomic E-state index is 0.386. The van der Waals surface area contributed by atoms with Crippen molar-refractivity contribution in [1.29, 1.82) is 0 Å². The van der Waals surface area contributed by atoms with E-state index in [0.29, 0.717) is 6.04 Å². The van der Waals surface area contributed by atoms with Crippen molar-refractivity contribution in [2.24, 2.45) is 7.05 Å². The number of hydrogen-bond acceptors (Lipinski definition) is 6. The van der Waals surface area contributed by atoms with Crippen LogP contribution in [0.2, 0.25) is 0 Å². The second-order valence-corrected chi connectivity index (χ2v) is 5.62. The van der Waals surface area contributed by atoms with Gasteiger partial charge < -0.3 is 5.32 Å². The summed E-state index contributed by atoms with van der Waals surface area (Å²) in [5.74, 6) is 0.723. The molecule has 1 aliphatic rings. The zero-order chi connectivity index (χ0) is 14.7. The lowest BCUT2D eigenvalue weighted by molar-refractivity contribution is 0.206. The molecule has 0 saturated carbocycles. The van der Waals surface area contributed by atoms with Gasteiger partial charge in [-0.3, -0.25) is 9.58 Å². The van der Waals surface area contributed by atoms with Gasteiger partial charge in [-0.25, -0.2) is 9.97 Å². The van der Waals surface area contributed by atoms with Crippen molar-refractivity contribution >= 4 is 5.95 Å². The molecule has 112 valence electrons. The van der Waals surface area contributed by atoms with Crippen molar-refractivity contribution in [3.63, 3.8) is 0 Å². The quantitative estimate of drug-likeness (QED) is 0.904. The van der Waals surface area contributed by atoms with E-state index in [0.717, 1.165) is 43.4 Å². The van der Waals surface area contributed by atoms with Crippen molar-refractivity contribution in [2.75, 3.05) is 18.4 Å². The number of nitrogens with zero attached hydrogens (tertiary/aromatic N) is 6. The summed E-state index contributed by atoms with van der Waals surface area (Å²) >= 11 is 0. The van der Waals surface area contributed by atoms with Crippen LogP contribution in [-0.2, 0) is 13.6 Å². The number of hydrogen-bond donors (Lipinski definition) is 1. The van der Waals surface area contributed by atoms with Crippen LogP contribution >= 0.6 is 0 Å². The first-order chi connectivity index (χ1) is 10.2. The first-order valence-corrected chi connectivity index (χ1v) is 7.33. The topological polar surface area (TPSA) is 71.8 Å². The summed E-state index contributed by atoms with van der Waals surface area (Å²) in [4.78, 5) is 11.1. The van der Waals surface area contributed by atoms with Gasteiger partial charge in [-0.05, 0) is 32.4 Å². The fourth-order valence-corrected chi connectivity index (χ4v) is 2.71. The molecule has 1 aliphatic heterocycles. The Kier molecular flexibility index (Phi) is 4.10. The lowest BCUT2D eigenvalue weighted by atomic mass is 10.1. The number of nitrogens with one attached hydrogen (secondary N) is 1. The van der Waals surface area contributed by atoms with Gasteiger partial charge in [0.1, 0.15) is 0 Å². The molecule has 0 radical (unpaired) electrons. The number of aryl methyl sites for hydroxylation is 2. The average Bonchev–Trinajstić information content (AvgIpc) is 2.84. The second-order valence-electron chi connectivity index (χ2n) is 5.62. The van der Waals surface area contributed by atoms with Crippen LogP contribution in [-0.4, -0.2) is 49.0 Å². The van der Waals surface area contributed by atoms with Gasteiger partial charge >= 0.3 is 0 Å². The Morgan fingerprint density at radius 2 is 2.33 bits per heavy atom. The van der Waals surface area contributed by atoms with Crippen LogP contribution < -0.4 is 5.32 Å². The number of likely N-dealkylation sites (tertiary alicyclic amines) is 1. The highest BCUT2D eigenvalue weighted by molar-refractivity contribution is 5.26. The Hall–Kier alpha value is -2.02. The summed E-state index contributed by atoms with van der Waals surface area (Å²) in [5.41, 5.74) is 2.00. The molecule has 2 aromatic heterocycles. The van der Waals surface area contributed by atoms with Crippen LogP contribution in [0, 0.1) is 6.92 Å². The maximum Gasteiger partial charge on any atom is 0.223 e. The molecule has 0 spiro atoms. The molecule has 1 fully saturated rings. The van der Waals surface area contributed by atoms with Crippen LogP contribution in [0.4, 0.5) is 5.95 Å². The van der Waals surface area contributed by atoms with Crippen LogP contribution in [0.3, 0.4) is 0 Å². The zero-order valence-electron chi connectivity index (χ0n) is 12.5. The van der Waals surface area contributed by atoms with E-state index in [2.05, 4.69) is 30.5 Å². The number of anilines is 1. The third-order valence-corrected chi connectivity index (χ3v) is 3.67. The molecule has 2 aromatic rings. The molecule has 7 heteroatoms. The molecule has 0 aromatic carbocycles. The van der Waals surface area contributed by atoms with Crippen molar-refractivity contribution < 1.29 is 0 Å². The van der Waals surface area contributed by atoms with Crippen molar-refractivity contribution in [3.05, 3.63) is 29.8 Å². The highest BCUT2D eigenvalue weighted by Gasteiger charge is 2.21. The van der Waals surface area contributed by atoms with E-state index in [1.807, 2.05) is 26.2 Å². The van der Waals surface area contributed by atoms with Gasteiger partial charge in [-0.15, -0.1) is 5.10 Å². The smallest absolute Gasteiger partial charge is 0.223 e. The fourth-order valence-electron chi connectivity index (χ4n) is 2.71.